The third-order valence-electron chi connectivity index (χ3n) is 4.29. The molecule has 7 heteroatoms. The van der Waals surface area contributed by atoms with Gasteiger partial charge in [-0.25, -0.2) is 4.98 Å². The molecule has 0 unspecified atom stereocenters. The smallest absolute Gasteiger partial charge is 0.261 e. The van der Waals surface area contributed by atoms with Crippen molar-refractivity contribution in [1.82, 2.24) is 14.9 Å². The number of amides is 1. The molecule has 2 aromatic carbocycles. The average molecular weight is 412 g/mol. The number of halogens is 1. The molecule has 0 aliphatic rings. The first kappa shape index (κ1) is 18.5. The molecule has 5 nitrogen and oxygen atoms in total. The molecule has 1 amide bonds. The summed E-state index contributed by atoms with van der Waals surface area (Å²) in [6.07, 6.45) is 0. The van der Waals surface area contributed by atoms with Crippen LogP contribution in [0.1, 0.15) is 15.5 Å². The number of hydrogen-bond acceptors (Lipinski definition) is 4. The monoisotopic (exact) mass is 411 g/mol. The summed E-state index contributed by atoms with van der Waals surface area (Å²) in [6.45, 7) is 1.38. The summed E-state index contributed by atoms with van der Waals surface area (Å²) >= 11 is 7.57. The minimum Gasteiger partial charge on any atom is -0.490 e. The van der Waals surface area contributed by atoms with Gasteiger partial charge in [-0.1, -0.05) is 41.9 Å². The average Bonchev–Trinajstić information content (AvgIpc) is 3.36. The standard InChI is InChI=1S/C21H18ClN3O2S/c22-15-6-1-4-9-18(15)27-12-11-25-17-8-3-2-7-16(17)24-20(25)14-23-21(26)19-10-5-13-28-19/h1-10,13H,11-12,14H2,(H,23,26). The molecular weight excluding hydrogens is 394 g/mol. The SMILES string of the molecule is O=C(NCc1nc2ccccc2n1CCOc1ccccc1Cl)c1cccs1. The minimum absolute atomic E-state index is 0.0964. The number of nitrogens with one attached hydrogen (secondary N) is 1. The Bertz CT molecular complexity index is 1090. The van der Waals surface area contributed by atoms with Crippen molar-refractivity contribution in [3.63, 3.8) is 0 Å². The third kappa shape index (κ3) is 4.03. The Kier molecular flexibility index (Phi) is 5.60. The van der Waals surface area contributed by atoms with E-state index in [0.717, 1.165) is 16.9 Å². The molecule has 0 saturated heterocycles. The predicted molar refractivity (Wildman–Crippen MR) is 112 cm³/mol. The molecule has 0 aliphatic heterocycles. The van der Waals surface area contributed by atoms with Gasteiger partial charge >= 0.3 is 0 Å². The van der Waals surface area contributed by atoms with Gasteiger partial charge in [0.05, 0.1) is 34.0 Å². The van der Waals surface area contributed by atoms with Gasteiger partial charge in [0.2, 0.25) is 0 Å². The number of aromatic nitrogens is 2. The van der Waals surface area contributed by atoms with Crippen LogP contribution in [0.3, 0.4) is 0 Å². The zero-order chi connectivity index (χ0) is 19.3. The predicted octanol–water partition coefficient (Wildman–Crippen LogP) is 4.76. The number of fused-ring (bicyclic) bond motifs is 1. The first-order valence-corrected chi connectivity index (χ1v) is 10.1. The van der Waals surface area contributed by atoms with Crippen LogP contribution in [0, 0.1) is 0 Å². The van der Waals surface area contributed by atoms with Gasteiger partial charge in [-0.2, -0.15) is 0 Å². The lowest BCUT2D eigenvalue weighted by atomic mass is 10.3. The quantitative estimate of drug-likeness (QED) is 0.477. The normalized spacial score (nSPS) is 10.9. The van der Waals surface area contributed by atoms with Crippen LogP contribution in [0.4, 0.5) is 0 Å². The van der Waals surface area contributed by atoms with Gasteiger partial charge < -0.3 is 14.6 Å². The molecule has 0 atom stereocenters. The number of nitrogens with zero attached hydrogens (tertiary/aromatic N) is 2. The van der Waals surface area contributed by atoms with E-state index in [9.17, 15) is 4.79 Å². The van der Waals surface area contributed by atoms with Crippen LogP contribution >= 0.6 is 22.9 Å². The van der Waals surface area contributed by atoms with Gasteiger partial charge in [-0.15, -0.1) is 11.3 Å². The Hall–Kier alpha value is -2.83. The number of ether oxygens (including phenoxy) is 1. The van der Waals surface area contributed by atoms with Gasteiger partial charge in [-0.3, -0.25) is 4.79 Å². The van der Waals surface area contributed by atoms with E-state index in [1.807, 2.05) is 53.9 Å². The van der Waals surface area contributed by atoms with E-state index < -0.39 is 0 Å². The van der Waals surface area contributed by atoms with Crippen molar-refractivity contribution in [3.8, 4) is 5.75 Å². The fraction of sp³-hybridized carbons (Fsp3) is 0.143. The van der Waals surface area contributed by atoms with Crippen molar-refractivity contribution >= 4 is 39.9 Å². The molecule has 0 saturated carbocycles. The van der Waals surface area contributed by atoms with Crippen LogP contribution in [-0.4, -0.2) is 22.1 Å². The van der Waals surface area contributed by atoms with Crippen LogP contribution in [0.5, 0.6) is 5.75 Å². The van der Waals surface area contributed by atoms with E-state index in [-0.39, 0.29) is 5.91 Å². The Morgan fingerprint density at radius 2 is 1.93 bits per heavy atom. The van der Waals surface area contributed by atoms with Gasteiger partial charge in [0.1, 0.15) is 18.2 Å². The molecule has 0 aliphatic carbocycles. The maximum absolute atomic E-state index is 12.3. The van der Waals surface area contributed by atoms with Crippen LogP contribution in [0.15, 0.2) is 66.0 Å². The molecule has 1 N–H and O–H groups in total. The lowest BCUT2D eigenvalue weighted by molar-refractivity contribution is 0.0953. The summed E-state index contributed by atoms with van der Waals surface area (Å²) in [5.74, 6) is 1.34. The first-order chi connectivity index (χ1) is 13.7. The largest absolute Gasteiger partial charge is 0.490 e. The fourth-order valence-electron chi connectivity index (χ4n) is 2.97. The molecule has 0 bridgehead atoms. The van der Waals surface area contributed by atoms with Gasteiger partial charge in [-0.05, 0) is 35.7 Å². The van der Waals surface area contributed by atoms with E-state index in [1.54, 1.807) is 12.1 Å². The zero-order valence-corrected chi connectivity index (χ0v) is 16.5. The number of thiophene rings is 1. The molecule has 0 spiro atoms. The van der Waals surface area contributed by atoms with Crippen molar-refractivity contribution in [2.75, 3.05) is 6.61 Å². The van der Waals surface area contributed by atoms with Gasteiger partial charge in [0.25, 0.3) is 5.91 Å². The number of benzene rings is 2. The summed E-state index contributed by atoms with van der Waals surface area (Å²) in [5.41, 5.74) is 1.89. The number of rotatable bonds is 7. The molecule has 4 aromatic rings. The molecule has 0 radical (unpaired) electrons. The Labute approximate surface area is 171 Å². The molecule has 28 heavy (non-hydrogen) atoms. The molecule has 0 fully saturated rings. The zero-order valence-electron chi connectivity index (χ0n) is 15.0. The number of carbonyl (C=O) groups excluding carboxylic acids is 1. The highest BCUT2D eigenvalue weighted by molar-refractivity contribution is 7.12. The second-order valence-electron chi connectivity index (χ2n) is 6.11. The van der Waals surface area contributed by atoms with Crippen LogP contribution < -0.4 is 10.1 Å². The maximum atomic E-state index is 12.3. The van der Waals surface area contributed by atoms with E-state index in [4.69, 9.17) is 16.3 Å². The highest BCUT2D eigenvalue weighted by atomic mass is 35.5. The lowest BCUT2D eigenvalue weighted by Crippen LogP contribution is -2.24. The van der Waals surface area contributed by atoms with E-state index in [1.165, 1.54) is 11.3 Å². The third-order valence-corrected chi connectivity index (χ3v) is 5.48. The van der Waals surface area contributed by atoms with Crippen LogP contribution in [0.25, 0.3) is 11.0 Å². The summed E-state index contributed by atoms with van der Waals surface area (Å²) in [4.78, 5) is 17.6. The number of hydrogen-bond donors (Lipinski definition) is 1. The Balaban J connectivity index is 1.50. The second kappa shape index (κ2) is 8.46. The van der Waals surface area contributed by atoms with Crippen molar-refractivity contribution in [2.24, 2.45) is 0 Å². The van der Waals surface area contributed by atoms with E-state index in [2.05, 4.69) is 14.9 Å². The Morgan fingerprint density at radius 3 is 2.75 bits per heavy atom. The first-order valence-electron chi connectivity index (χ1n) is 8.85. The highest BCUT2D eigenvalue weighted by Gasteiger charge is 2.13. The van der Waals surface area contributed by atoms with Gasteiger partial charge in [0, 0.05) is 0 Å². The van der Waals surface area contributed by atoms with Gasteiger partial charge in [0.15, 0.2) is 0 Å². The van der Waals surface area contributed by atoms with Crippen molar-refractivity contribution in [1.29, 1.82) is 0 Å². The van der Waals surface area contributed by atoms with E-state index in [0.29, 0.717) is 35.3 Å². The summed E-state index contributed by atoms with van der Waals surface area (Å²) in [7, 11) is 0. The topological polar surface area (TPSA) is 56.2 Å². The summed E-state index contributed by atoms with van der Waals surface area (Å²) < 4.78 is 7.90. The van der Waals surface area contributed by atoms with Crippen molar-refractivity contribution in [2.45, 2.75) is 13.1 Å². The fourth-order valence-corrected chi connectivity index (χ4v) is 3.80. The lowest BCUT2D eigenvalue weighted by Gasteiger charge is -2.12. The molecule has 142 valence electrons. The Morgan fingerprint density at radius 1 is 1.11 bits per heavy atom. The molecule has 2 aromatic heterocycles. The number of imidazole rings is 1. The number of carbonyl (C=O) groups is 1. The molecule has 4 rings (SSSR count). The van der Waals surface area contributed by atoms with Crippen molar-refractivity contribution < 1.29 is 9.53 Å². The second-order valence-corrected chi connectivity index (χ2v) is 7.46. The number of para-hydroxylation sites is 3. The summed E-state index contributed by atoms with van der Waals surface area (Å²) in [5, 5.41) is 5.42. The maximum Gasteiger partial charge on any atom is 0.261 e. The minimum atomic E-state index is -0.0964. The molecular formula is C21H18ClN3O2S. The van der Waals surface area contributed by atoms with E-state index >= 15 is 0 Å². The highest BCUT2D eigenvalue weighted by Crippen LogP contribution is 2.23. The van der Waals surface area contributed by atoms with Crippen LogP contribution in [-0.2, 0) is 13.1 Å². The summed E-state index contributed by atoms with van der Waals surface area (Å²) in [6, 6.07) is 19.0. The van der Waals surface area contributed by atoms with Crippen molar-refractivity contribution in [3.05, 3.63) is 81.8 Å². The molecule has 2 heterocycles. The van der Waals surface area contributed by atoms with Crippen LogP contribution in [0.2, 0.25) is 5.02 Å².